The van der Waals surface area contributed by atoms with Gasteiger partial charge in [0.05, 0.1) is 0 Å². The molecule has 0 bridgehead atoms. The van der Waals surface area contributed by atoms with Crippen LogP contribution in [0.4, 0.5) is 0 Å². The van der Waals surface area contributed by atoms with Crippen molar-refractivity contribution in [2.75, 3.05) is 0 Å². The minimum atomic E-state index is 0. The first kappa shape index (κ1) is 6.81. The summed E-state index contributed by atoms with van der Waals surface area (Å²) in [6.45, 7) is 0. The Labute approximate surface area is 54.1 Å². The molecule has 1 nitrogen and oxygen atoms in total. The van der Waals surface area contributed by atoms with Gasteiger partial charge in [-0.1, -0.05) is 0 Å². The fraction of sp³-hybridized carbons (Fsp3) is 0.200. The summed E-state index contributed by atoms with van der Waals surface area (Å²) in [5.41, 5.74) is 0. The zero-order valence-electron chi connectivity index (χ0n) is 4.16. The monoisotopic (exact) mass is 133 g/mol. The minimum absolute atomic E-state index is 0. The Morgan fingerprint density at radius 2 is 1.57 bits per heavy atom. The van der Waals surface area contributed by atoms with Crippen molar-refractivity contribution in [3.63, 3.8) is 0 Å². The van der Waals surface area contributed by atoms with Crippen LogP contribution < -0.4 is 0 Å². The average Bonchev–Trinajstić information content (AvgIpc) is 1.86. The van der Waals surface area contributed by atoms with Crippen molar-refractivity contribution in [2.24, 2.45) is 7.05 Å². The van der Waals surface area contributed by atoms with E-state index in [-0.39, 0.29) is 17.4 Å². The summed E-state index contributed by atoms with van der Waals surface area (Å²) in [5, 5.41) is 0. The van der Waals surface area contributed by atoms with E-state index in [0.717, 1.165) is 0 Å². The summed E-state index contributed by atoms with van der Waals surface area (Å²) >= 11 is 0. The van der Waals surface area contributed by atoms with Gasteiger partial charge < -0.3 is 4.57 Å². The van der Waals surface area contributed by atoms with Gasteiger partial charge in [-0.05, 0) is 12.1 Å². The van der Waals surface area contributed by atoms with Gasteiger partial charge in [-0.3, -0.25) is 0 Å². The van der Waals surface area contributed by atoms with Gasteiger partial charge >= 0.3 is 0 Å². The summed E-state index contributed by atoms with van der Waals surface area (Å²) in [6, 6.07) is 4.00. The van der Waals surface area contributed by atoms with Gasteiger partial charge in [0.2, 0.25) is 0 Å². The van der Waals surface area contributed by atoms with E-state index >= 15 is 0 Å². The van der Waals surface area contributed by atoms with Crippen molar-refractivity contribution in [1.29, 1.82) is 0 Å². The maximum atomic E-state index is 2.00. The first-order valence-electron chi connectivity index (χ1n) is 1.96. The van der Waals surface area contributed by atoms with Crippen LogP contribution in [0.5, 0.6) is 0 Å². The van der Waals surface area contributed by atoms with Crippen LogP contribution in [-0.2, 0) is 24.4 Å². The molecule has 0 radical (unpaired) electrons. The molecule has 2 heteroatoms. The van der Waals surface area contributed by atoms with Crippen molar-refractivity contribution in [3.8, 4) is 0 Å². The standard InChI is InChI=1S/C5H7N.Cr/c1-6-4-2-3-5-6;/h2-5H,1H3;. The molecular formula is C5H7CrN. The summed E-state index contributed by atoms with van der Waals surface area (Å²) in [4.78, 5) is 0. The van der Waals surface area contributed by atoms with Crippen LogP contribution in [0.15, 0.2) is 24.5 Å². The molecule has 0 amide bonds. The summed E-state index contributed by atoms with van der Waals surface area (Å²) < 4.78 is 2.00. The molecule has 0 spiro atoms. The van der Waals surface area contributed by atoms with Crippen LogP contribution in [0, 0.1) is 0 Å². The Bertz CT molecular complexity index is 112. The minimum Gasteiger partial charge on any atom is -0.357 e. The Kier molecular flexibility index (Phi) is 2.82. The van der Waals surface area contributed by atoms with E-state index in [9.17, 15) is 0 Å². The van der Waals surface area contributed by atoms with Crippen molar-refractivity contribution in [2.45, 2.75) is 0 Å². The number of hydrogen-bond donors (Lipinski definition) is 0. The molecule has 38 valence electrons. The second kappa shape index (κ2) is 2.90. The molecule has 0 aromatic carbocycles. The molecule has 0 saturated carbocycles. The molecular weight excluding hydrogens is 126 g/mol. The first-order chi connectivity index (χ1) is 2.89. The molecule has 1 heterocycles. The molecule has 0 unspecified atom stereocenters. The molecule has 0 aliphatic heterocycles. The third-order valence-electron chi connectivity index (χ3n) is 0.754. The number of rotatable bonds is 0. The Morgan fingerprint density at radius 3 is 1.71 bits per heavy atom. The Hall–Kier alpha value is -0.188. The van der Waals surface area contributed by atoms with Gasteiger partial charge in [0, 0.05) is 36.8 Å². The van der Waals surface area contributed by atoms with Crippen LogP contribution in [0.2, 0.25) is 0 Å². The van der Waals surface area contributed by atoms with E-state index in [1.54, 1.807) is 0 Å². The summed E-state index contributed by atoms with van der Waals surface area (Å²) in [5.74, 6) is 0. The van der Waals surface area contributed by atoms with Gasteiger partial charge in [0.1, 0.15) is 0 Å². The SMILES string of the molecule is Cn1cccc1.[Cr]. The van der Waals surface area contributed by atoms with Crippen LogP contribution >= 0.6 is 0 Å². The maximum Gasteiger partial charge on any atom is 0.0106 e. The smallest absolute Gasteiger partial charge is 0.0106 e. The van der Waals surface area contributed by atoms with Crippen molar-refractivity contribution in [1.82, 2.24) is 4.57 Å². The van der Waals surface area contributed by atoms with E-state index in [1.165, 1.54) is 0 Å². The fourth-order valence-corrected chi connectivity index (χ4v) is 0.421. The predicted octanol–water partition coefficient (Wildman–Crippen LogP) is 1.02. The van der Waals surface area contributed by atoms with Crippen molar-refractivity contribution >= 4 is 0 Å². The largest absolute Gasteiger partial charge is 0.357 e. The summed E-state index contributed by atoms with van der Waals surface area (Å²) in [6.07, 6.45) is 4.00. The van der Waals surface area contributed by atoms with E-state index in [2.05, 4.69) is 0 Å². The number of nitrogens with zero attached hydrogens (tertiary/aromatic N) is 1. The average molecular weight is 133 g/mol. The normalized spacial score (nSPS) is 7.57. The molecule has 7 heavy (non-hydrogen) atoms. The maximum absolute atomic E-state index is 2.00. The van der Waals surface area contributed by atoms with Crippen LogP contribution in [0.25, 0.3) is 0 Å². The predicted molar refractivity (Wildman–Crippen MR) is 25.4 cm³/mol. The van der Waals surface area contributed by atoms with Crippen molar-refractivity contribution < 1.29 is 17.4 Å². The van der Waals surface area contributed by atoms with Gasteiger partial charge in [0.25, 0.3) is 0 Å². The van der Waals surface area contributed by atoms with E-state index in [0.29, 0.717) is 0 Å². The second-order valence-electron chi connectivity index (χ2n) is 1.35. The van der Waals surface area contributed by atoms with E-state index in [4.69, 9.17) is 0 Å². The number of aromatic nitrogens is 1. The van der Waals surface area contributed by atoms with Crippen LogP contribution in [-0.4, -0.2) is 4.57 Å². The molecule has 0 aliphatic carbocycles. The number of aryl methyl sites for hydroxylation is 1. The Balaban J connectivity index is 0.000000360. The van der Waals surface area contributed by atoms with Gasteiger partial charge in [-0.25, -0.2) is 0 Å². The molecule has 0 atom stereocenters. The summed E-state index contributed by atoms with van der Waals surface area (Å²) in [7, 11) is 2.00. The topological polar surface area (TPSA) is 4.93 Å². The molecule has 0 saturated heterocycles. The van der Waals surface area contributed by atoms with E-state index in [1.807, 2.05) is 36.1 Å². The molecule has 0 N–H and O–H groups in total. The third kappa shape index (κ3) is 1.82. The fourth-order valence-electron chi connectivity index (χ4n) is 0.421. The van der Waals surface area contributed by atoms with Crippen LogP contribution in [0.1, 0.15) is 0 Å². The van der Waals surface area contributed by atoms with E-state index < -0.39 is 0 Å². The first-order valence-corrected chi connectivity index (χ1v) is 1.96. The second-order valence-corrected chi connectivity index (χ2v) is 1.35. The molecule has 1 aromatic rings. The van der Waals surface area contributed by atoms with Gasteiger partial charge in [-0.2, -0.15) is 0 Å². The van der Waals surface area contributed by atoms with Crippen LogP contribution in [0.3, 0.4) is 0 Å². The van der Waals surface area contributed by atoms with Crippen molar-refractivity contribution in [3.05, 3.63) is 24.5 Å². The van der Waals surface area contributed by atoms with Gasteiger partial charge in [-0.15, -0.1) is 0 Å². The molecule has 1 aromatic heterocycles. The molecule has 0 fully saturated rings. The zero-order valence-corrected chi connectivity index (χ0v) is 5.44. The Morgan fingerprint density at radius 1 is 1.14 bits per heavy atom. The third-order valence-corrected chi connectivity index (χ3v) is 0.754. The van der Waals surface area contributed by atoms with Gasteiger partial charge in [0.15, 0.2) is 0 Å². The number of hydrogen-bond acceptors (Lipinski definition) is 0. The molecule has 1 rings (SSSR count). The zero-order chi connectivity index (χ0) is 4.41. The quantitative estimate of drug-likeness (QED) is 0.498. The molecule has 0 aliphatic rings.